The maximum absolute atomic E-state index is 11.3. The molecule has 8 heteroatoms. The van der Waals surface area contributed by atoms with Gasteiger partial charge in [0.25, 0.3) is 0 Å². The van der Waals surface area contributed by atoms with Gasteiger partial charge in [0.05, 0.1) is 6.61 Å². The highest BCUT2D eigenvalue weighted by Gasteiger charge is 2.26. The van der Waals surface area contributed by atoms with Gasteiger partial charge in [-0.05, 0) is 27.2 Å². The maximum atomic E-state index is 11.3. The lowest BCUT2D eigenvalue weighted by molar-refractivity contribution is -0.121. The standard InChI is InChI=1S/C12H22N6O2/c1-5-7-20-11-16-9(14-6-2)15-10(17-11)18-12(3,4)8(13)19/h5-7H2,1-4H3,(H2,13,19)(H2,14,15,16,17,18). The minimum atomic E-state index is -0.965. The number of carbonyl (C=O) groups is 1. The molecule has 0 aliphatic heterocycles. The summed E-state index contributed by atoms with van der Waals surface area (Å²) in [5.74, 6) is 0.126. The number of nitrogens with zero attached hydrogens (tertiary/aromatic N) is 3. The summed E-state index contributed by atoms with van der Waals surface area (Å²) in [4.78, 5) is 23.7. The molecular weight excluding hydrogens is 260 g/mol. The number of hydrogen-bond acceptors (Lipinski definition) is 7. The average molecular weight is 282 g/mol. The number of carbonyl (C=O) groups excluding carboxylic acids is 1. The van der Waals surface area contributed by atoms with Crippen LogP contribution in [-0.4, -0.2) is 39.5 Å². The van der Waals surface area contributed by atoms with Crippen LogP contribution in [-0.2, 0) is 4.79 Å². The van der Waals surface area contributed by atoms with E-state index in [1.807, 2.05) is 13.8 Å². The molecule has 0 radical (unpaired) electrons. The predicted octanol–water partition coefficient (Wildman–Crippen LogP) is 0.768. The van der Waals surface area contributed by atoms with Crippen LogP contribution in [0.3, 0.4) is 0 Å². The first-order valence-electron chi connectivity index (χ1n) is 6.60. The van der Waals surface area contributed by atoms with Crippen molar-refractivity contribution >= 4 is 17.8 Å². The summed E-state index contributed by atoms with van der Waals surface area (Å²) >= 11 is 0. The molecular formula is C12H22N6O2. The first-order valence-corrected chi connectivity index (χ1v) is 6.60. The molecule has 20 heavy (non-hydrogen) atoms. The van der Waals surface area contributed by atoms with E-state index in [0.717, 1.165) is 6.42 Å². The van der Waals surface area contributed by atoms with Crippen LogP contribution < -0.4 is 21.1 Å². The summed E-state index contributed by atoms with van der Waals surface area (Å²) in [6, 6.07) is 0.209. The molecule has 1 aromatic heterocycles. The fourth-order valence-electron chi connectivity index (χ4n) is 1.25. The highest BCUT2D eigenvalue weighted by Crippen LogP contribution is 2.15. The second-order valence-electron chi connectivity index (χ2n) is 4.76. The van der Waals surface area contributed by atoms with Crippen LogP contribution in [0.5, 0.6) is 6.01 Å². The van der Waals surface area contributed by atoms with Crippen LogP contribution >= 0.6 is 0 Å². The topological polar surface area (TPSA) is 115 Å². The molecule has 1 aromatic rings. The van der Waals surface area contributed by atoms with Gasteiger partial charge in [-0.15, -0.1) is 0 Å². The third-order valence-corrected chi connectivity index (χ3v) is 2.43. The van der Waals surface area contributed by atoms with Crippen molar-refractivity contribution in [3.8, 4) is 6.01 Å². The first-order chi connectivity index (χ1) is 9.39. The van der Waals surface area contributed by atoms with Crippen molar-refractivity contribution in [3.63, 3.8) is 0 Å². The lowest BCUT2D eigenvalue weighted by Crippen LogP contribution is -2.45. The van der Waals surface area contributed by atoms with Crippen molar-refractivity contribution in [2.24, 2.45) is 5.73 Å². The van der Waals surface area contributed by atoms with E-state index in [0.29, 0.717) is 19.1 Å². The molecule has 0 aromatic carbocycles. The molecule has 1 amide bonds. The van der Waals surface area contributed by atoms with E-state index in [-0.39, 0.29) is 12.0 Å². The second-order valence-corrected chi connectivity index (χ2v) is 4.76. The quantitative estimate of drug-likeness (QED) is 0.645. The lowest BCUT2D eigenvalue weighted by Gasteiger charge is -2.22. The Hall–Kier alpha value is -2.12. The van der Waals surface area contributed by atoms with Gasteiger partial charge in [0.1, 0.15) is 5.54 Å². The van der Waals surface area contributed by atoms with E-state index >= 15 is 0 Å². The summed E-state index contributed by atoms with van der Waals surface area (Å²) in [6.45, 7) is 8.39. The smallest absolute Gasteiger partial charge is 0.323 e. The van der Waals surface area contributed by atoms with Crippen molar-refractivity contribution in [2.45, 2.75) is 39.7 Å². The maximum Gasteiger partial charge on any atom is 0.323 e. The summed E-state index contributed by atoms with van der Waals surface area (Å²) in [5.41, 5.74) is 4.35. The van der Waals surface area contributed by atoms with Gasteiger partial charge >= 0.3 is 6.01 Å². The number of anilines is 2. The Morgan fingerprint density at radius 1 is 1.25 bits per heavy atom. The van der Waals surface area contributed by atoms with Crippen molar-refractivity contribution in [3.05, 3.63) is 0 Å². The highest BCUT2D eigenvalue weighted by atomic mass is 16.5. The number of aromatic nitrogens is 3. The minimum Gasteiger partial charge on any atom is -0.463 e. The molecule has 0 saturated heterocycles. The van der Waals surface area contributed by atoms with Gasteiger partial charge in [0, 0.05) is 6.54 Å². The number of primary amides is 1. The highest BCUT2D eigenvalue weighted by molar-refractivity contribution is 5.86. The predicted molar refractivity (Wildman–Crippen MR) is 76.7 cm³/mol. The Labute approximate surface area is 118 Å². The van der Waals surface area contributed by atoms with Crippen LogP contribution in [0.25, 0.3) is 0 Å². The molecule has 0 saturated carbocycles. The number of rotatable bonds is 8. The average Bonchev–Trinajstić information content (AvgIpc) is 2.35. The molecule has 1 heterocycles. The third kappa shape index (κ3) is 4.52. The molecule has 0 atom stereocenters. The molecule has 0 aliphatic rings. The van der Waals surface area contributed by atoms with Gasteiger partial charge in [0.2, 0.25) is 17.8 Å². The summed E-state index contributed by atoms with van der Waals surface area (Å²) < 4.78 is 5.40. The number of amides is 1. The zero-order valence-electron chi connectivity index (χ0n) is 12.4. The van der Waals surface area contributed by atoms with E-state index < -0.39 is 11.4 Å². The molecule has 1 rings (SSSR count). The van der Waals surface area contributed by atoms with E-state index in [9.17, 15) is 4.79 Å². The summed E-state index contributed by atoms with van der Waals surface area (Å²) in [5, 5.41) is 5.86. The Balaban J connectivity index is 2.98. The van der Waals surface area contributed by atoms with Crippen LogP contribution in [0.1, 0.15) is 34.1 Å². The first kappa shape index (κ1) is 15.9. The number of nitrogens with two attached hydrogens (primary N) is 1. The van der Waals surface area contributed by atoms with Gasteiger partial charge in [-0.25, -0.2) is 0 Å². The van der Waals surface area contributed by atoms with Gasteiger partial charge in [0.15, 0.2) is 0 Å². The number of nitrogens with one attached hydrogen (secondary N) is 2. The summed E-state index contributed by atoms with van der Waals surface area (Å²) in [6.07, 6.45) is 0.845. The Morgan fingerprint density at radius 3 is 2.45 bits per heavy atom. The van der Waals surface area contributed by atoms with Crippen LogP contribution in [0.4, 0.5) is 11.9 Å². The van der Waals surface area contributed by atoms with Crippen LogP contribution in [0.2, 0.25) is 0 Å². The zero-order valence-corrected chi connectivity index (χ0v) is 12.4. The molecule has 0 aliphatic carbocycles. The minimum absolute atomic E-state index is 0.209. The van der Waals surface area contributed by atoms with E-state index in [1.54, 1.807) is 13.8 Å². The van der Waals surface area contributed by atoms with Crippen molar-refractivity contribution in [2.75, 3.05) is 23.8 Å². The lowest BCUT2D eigenvalue weighted by atomic mass is 10.1. The van der Waals surface area contributed by atoms with E-state index in [4.69, 9.17) is 10.5 Å². The Kier molecular flexibility index (Phi) is 5.48. The van der Waals surface area contributed by atoms with Crippen LogP contribution in [0, 0.1) is 0 Å². The molecule has 0 bridgehead atoms. The van der Waals surface area contributed by atoms with Gasteiger partial charge in [-0.1, -0.05) is 6.92 Å². The van der Waals surface area contributed by atoms with Crippen LogP contribution in [0.15, 0.2) is 0 Å². The molecule has 112 valence electrons. The Morgan fingerprint density at radius 2 is 1.90 bits per heavy atom. The normalized spacial score (nSPS) is 11.0. The number of ether oxygens (including phenoxy) is 1. The van der Waals surface area contributed by atoms with Gasteiger partial charge in [-0.2, -0.15) is 15.0 Å². The van der Waals surface area contributed by atoms with Crippen molar-refractivity contribution in [1.29, 1.82) is 0 Å². The SMILES string of the molecule is CCCOc1nc(NCC)nc(NC(C)(C)C(N)=O)n1. The molecule has 0 fully saturated rings. The number of hydrogen-bond donors (Lipinski definition) is 3. The second kappa shape index (κ2) is 6.88. The molecule has 0 unspecified atom stereocenters. The summed E-state index contributed by atoms with van der Waals surface area (Å²) in [7, 11) is 0. The fourth-order valence-corrected chi connectivity index (χ4v) is 1.25. The van der Waals surface area contributed by atoms with Gasteiger partial charge < -0.3 is 21.1 Å². The van der Waals surface area contributed by atoms with Gasteiger partial charge in [-0.3, -0.25) is 4.79 Å². The largest absolute Gasteiger partial charge is 0.463 e. The Bertz CT molecular complexity index is 463. The fraction of sp³-hybridized carbons (Fsp3) is 0.667. The molecule has 4 N–H and O–H groups in total. The van der Waals surface area contributed by atoms with E-state index in [1.165, 1.54) is 0 Å². The van der Waals surface area contributed by atoms with Crippen molar-refractivity contribution < 1.29 is 9.53 Å². The zero-order chi connectivity index (χ0) is 15.2. The monoisotopic (exact) mass is 282 g/mol. The molecule has 8 nitrogen and oxygen atoms in total. The molecule has 0 spiro atoms. The van der Waals surface area contributed by atoms with Crippen molar-refractivity contribution in [1.82, 2.24) is 15.0 Å². The third-order valence-electron chi connectivity index (χ3n) is 2.43. The van der Waals surface area contributed by atoms with E-state index in [2.05, 4.69) is 25.6 Å².